The Hall–Kier alpha value is -3.03. The van der Waals surface area contributed by atoms with E-state index < -0.39 is 42.2 Å². The number of primary amides is 1. The fraction of sp³-hybridized carbons (Fsp3) is 0.542. The summed E-state index contributed by atoms with van der Waals surface area (Å²) in [7, 11) is 0. The first-order chi connectivity index (χ1) is 17.6. The molecule has 2 heterocycles. The summed E-state index contributed by atoms with van der Waals surface area (Å²) in [4.78, 5) is 23.0. The van der Waals surface area contributed by atoms with E-state index in [0.29, 0.717) is 18.5 Å². The highest BCUT2D eigenvalue weighted by molar-refractivity contribution is 5.80. The molecule has 0 unspecified atom stereocenters. The van der Waals surface area contributed by atoms with Crippen LogP contribution in [0.2, 0.25) is 0 Å². The van der Waals surface area contributed by atoms with Crippen LogP contribution in [-0.2, 0) is 17.5 Å². The second-order valence-corrected chi connectivity index (χ2v) is 9.51. The van der Waals surface area contributed by atoms with Crippen LogP contribution in [0.3, 0.4) is 0 Å². The molecule has 3 atom stereocenters. The summed E-state index contributed by atoms with van der Waals surface area (Å²) in [6, 6.07) is 3.92. The highest BCUT2D eigenvalue weighted by atomic mass is 19.4. The zero-order valence-corrected chi connectivity index (χ0v) is 20.0. The number of likely N-dealkylation sites (tertiary alicyclic amines) is 1. The summed E-state index contributed by atoms with van der Waals surface area (Å²) < 4.78 is 54.1. The van der Waals surface area contributed by atoms with Crippen molar-refractivity contribution in [2.45, 2.75) is 50.2 Å². The number of nitrogens with one attached hydrogen (secondary N) is 1. The standard InChI is InChI=1S/C24H30F4N6O3/c25-20-22(30-9-15-7-8-33(11-19(15)36)18(12-35)21(29)37)31-13-32-23(20)34(17-5-6-17)10-14-1-3-16(4-2-14)24(26,27)28/h1-4,13,15,17-19,35-36H,5-12H2,(H2,29,37)(H,30,31,32)/t15-,18-,19+/m1/s1. The Labute approximate surface area is 211 Å². The Morgan fingerprint density at radius 2 is 1.92 bits per heavy atom. The van der Waals surface area contributed by atoms with Gasteiger partial charge in [-0.25, -0.2) is 9.97 Å². The lowest BCUT2D eigenvalue weighted by Crippen LogP contribution is -2.55. The largest absolute Gasteiger partial charge is 0.416 e. The molecular formula is C24H30F4N6O3. The predicted molar refractivity (Wildman–Crippen MR) is 127 cm³/mol. The highest BCUT2D eigenvalue weighted by Gasteiger charge is 2.35. The minimum Gasteiger partial charge on any atom is -0.394 e. The molecule has 1 saturated heterocycles. The lowest BCUT2D eigenvalue weighted by Gasteiger charge is -2.38. The lowest BCUT2D eigenvalue weighted by atomic mass is 9.92. The average molecular weight is 527 g/mol. The van der Waals surface area contributed by atoms with Gasteiger partial charge >= 0.3 is 6.18 Å². The number of aliphatic hydroxyl groups is 2. The molecule has 0 bridgehead atoms. The fourth-order valence-electron chi connectivity index (χ4n) is 4.58. The summed E-state index contributed by atoms with van der Waals surface area (Å²) >= 11 is 0. The van der Waals surface area contributed by atoms with Gasteiger partial charge in [0.25, 0.3) is 0 Å². The molecule has 37 heavy (non-hydrogen) atoms. The molecule has 2 aliphatic rings. The quantitative estimate of drug-likeness (QED) is 0.345. The maximum Gasteiger partial charge on any atom is 0.416 e. The van der Waals surface area contributed by atoms with Crippen LogP contribution in [-0.4, -0.2) is 75.4 Å². The van der Waals surface area contributed by atoms with Gasteiger partial charge in [0, 0.05) is 31.6 Å². The summed E-state index contributed by atoms with van der Waals surface area (Å²) in [5.74, 6) is -1.58. The van der Waals surface area contributed by atoms with Crippen molar-refractivity contribution < 1.29 is 32.6 Å². The molecule has 1 aliphatic heterocycles. The number of halogens is 4. The molecule has 2 aromatic rings. The maximum atomic E-state index is 15.5. The number of alkyl halides is 3. The number of nitrogens with zero attached hydrogens (tertiary/aromatic N) is 4. The van der Waals surface area contributed by atoms with Crippen molar-refractivity contribution in [1.29, 1.82) is 0 Å². The molecule has 5 N–H and O–H groups in total. The van der Waals surface area contributed by atoms with E-state index >= 15 is 4.39 Å². The Bertz CT molecular complexity index is 1080. The van der Waals surface area contributed by atoms with E-state index in [1.54, 1.807) is 9.80 Å². The number of piperidine rings is 1. The summed E-state index contributed by atoms with van der Waals surface area (Å²) in [6.45, 7) is 0.534. The zero-order chi connectivity index (χ0) is 26.7. The van der Waals surface area contributed by atoms with Crippen LogP contribution in [0.15, 0.2) is 30.6 Å². The second-order valence-electron chi connectivity index (χ2n) is 9.51. The third kappa shape index (κ3) is 6.46. The molecule has 0 spiro atoms. The Morgan fingerprint density at radius 3 is 2.49 bits per heavy atom. The van der Waals surface area contributed by atoms with Gasteiger partial charge in [-0.15, -0.1) is 0 Å². The summed E-state index contributed by atoms with van der Waals surface area (Å²) in [5, 5.41) is 22.9. The van der Waals surface area contributed by atoms with Crippen LogP contribution in [0.25, 0.3) is 0 Å². The molecule has 13 heteroatoms. The maximum absolute atomic E-state index is 15.5. The number of anilines is 2. The van der Waals surface area contributed by atoms with Crippen LogP contribution >= 0.6 is 0 Å². The van der Waals surface area contributed by atoms with Crippen molar-refractivity contribution in [1.82, 2.24) is 14.9 Å². The SMILES string of the molecule is NC(=O)[C@@H](CO)N1CC[C@H](CNc2ncnc(N(Cc3ccc(C(F)(F)F)cc3)C3CC3)c2F)[C@@H](O)C1. The van der Waals surface area contributed by atoms with Gasteiger partial charge in [-0.1, -0.05) is 12.1 Å². The number of hydrogen-bond donors (Lipinski definition) is 4. The molecule has 2 fully saturated rings. The molecule has 1 aliphatic carbocycles. The van der Waals surface area contributed by atoms with Gasteiger partial charge in [0.2, 0.25) is 11.7 Å². The molecular weight excluding hydrogens is 496 g/mol. The second kappa shape index (κ2) is 11.2. The Morgan fingerprint density at radius 1 is 1.22 bits per heavy atom. The molecule has 1 aromatic heterocycles. The number of carbonyl (C=O) groups excluding carboxylic acids is 1. The number of amides is 1. The van der Waals surface area contributed by atoms with Crippen molar-refractivity contribution in [2.75, 3.05) is 36.5 Å². The molecule has 9 nitrogen and oxygen atoms in total. The minimum absolute atomic E-state index is 0.0235. The summed E-state index contributed by atoms with van der Waals surface area (Å²) in [5.41, 5.74) is 5.16. The lowest BCUT2D eigenvalue weighted by molar-refractivity contribution is -0.137. The average Bonchev–Trinajstić information content (AvgIpc) is 3.68. The number of β-amino-alcohol motifs (C(OH)–C–C–N with tert-alkyl or cyclic N) is 1. The van der Waals surface area contributed by atoms with E-state index in [0.717, 1.165) is 25.0 Å². The molecule has 1 aromatic carbocycles. The van der Waals surface area contributed by atoms with E-state index in [-0.39, 0.29) is 43.2 Å². The molecule has 4 rings (SSSR count). The van der Waals surface area contributed by atoms with Crippen LogP contribution in [0.1, 0.15) is 30.4 Å². The Balaban J connectivity index is 1.42. The highest BCUT2D eigenvalue weighted by Crippen LogP contribution is 2.35. The first-order valence-corrected chi connectivity index (χ1v) is 12.1. The molecule has 202 valence electrons. The first-order valence-electron chi connectivity index (χ1n) is 12.1. The van der Waals surface area contributed by atoms with Gasteiger partial charge in [0.15, 0.2) is 11.6 Å². The third-order valence-corrected chi connectivity index (χ3v) is 6.89. The third-order valence-electron chi connectivity index (χ3n) is 6.89. The van der Waals surface area contributed by atoms with Crippen molar-refractivity contribution in [3.63, 3.8) is 0 Å². The van der Waals surface area contributed by atoms with E-state index in [9.17, 15) is 28.2 Å². The fourth-order valence-corrected chi connectivity index (χ4v) is 4.58. The topological polar surface area (TPSA) is 128 Å². The number of rotatable bonds is 10. The molecule has 1 saturated carbocycles. The molecule has 1 amide bonds. The van der Waals surface area contributed by atoms with Crippen molar-refractivity contribution in [3.8, 4) is 0 Å². The Kier molecular flexibility index (Phi) is 8.14. The van der Waals surface area contributed by atoms with Crippen molar-refractivity contribution >= 4 is 17.5 Å². The van der Waals surface area contributed by atoms with Gasteiger partial charge in [-0.05, 0) is 43.5 Å². The number of benzene rings is 1. The van der Waals surface area contributed by atoms with Crippen LogP contribution in [0.4, 0.5) is 29.2 Å². The predicted octanol–water partition coefficient (Wildman–Crippen LogP) is 1.74. The smallest absolute Gasteiger partial charge is 0.394 e. The van der Waals surface area contributed by atoms with Gasteiger partial charge < -0.3 is 26.2 Å². The van der Waals surface area contributed by atoms with Crippen molar-refractivity contribution in [2.24, 2.45) is 11.7 Å². The van der Waals surface area contributed by atoms with Gasteiger partial charge in [-0.3, -0.25) is 9.69 Å². The number of aromatic nitrogens is 2. The normalized spacial score (nSPS) is 21.5. The van der Waals surface area contributed by atoms with Crippen LogP contribution in [0.5, 0.6) is 0 Å². The van der Waals surface area contributed by atoms with Crippen LogP contribution in [0, 0.1) is 11.7 Å². The zero-order valence-electron chi connectivity index (χ0n) is 20.0. The minimum atomic E-state index is -4.43. The monoisotopic (exact) mass is 526 g/mol. The van der Waals surface area contributed by atoms with E-state index in [4.69, 9.17) is 5.73 Å². The van der Waals surface area contributed by atoms with E-state index in [1.165, 1.54) is 18.5 Å². The molecule has 0 radical (unpaired) electrons. The number of aliphatic hydroxyl groups excluding tert-OH is 2. The van der Waals surface area contributed by atoms with Crippen molar-refractivity contribution in [3.05, 3.63) is 47.5 Å². The van der Waals surface area contributed by atoms with Gasteiger partial charge in [-0.2, -0.15) is 17.6 Å². The first kappa shape index (κ1) is 27.0. The number of nitrogens with two attached hydrogens (primary N) is 1. The van der Waals surface area contributed by atoms with Gasteiger partial charge in [0.1, 0.15) is 12.4 Å². The number of carbonyl (C=O) groups is 1. The van der Waals surface area contributed by atoms with Crippen LogP contribution < -0.4 is 16.0 Å². The van der Waals surface area contributed by atoms with E-state index in [1.807, 2.05) is 0 Å². The summed E-state index contributed by atoms with van der Waals surface area (Å²) in [6.07, 6.45) is -1.92. The van der Waals surface area contributed by atoms with Gasteiger partial charge in [0.05, 0.1) is 18.3 Å². The number of hydrogen-bond acceptors (Lipinski definition) is 8. The van der Waals surface area contributed by atoms with E-state index in [2.05, 4.69) is 15.3 Å².